The molecular formula is C22H25NO5S. The molecule has 0 radical (unpaired) electrons. The summed E-state index contributed by atoms with van der Waals surface area (Å²) in [5.41, 5.74) is 0.894. The molecule has 0 atom stereocenters. The Balaban J connectivity index is 1.49. The summed E-state index contributed by atoms with van der Waals surface area (Å²) in [5, 5.41) is 1.84. The first kappa shape index (κ1) is 21.0. The first-order valence-electron chi connectivity index (χ1n) is 9.82. The molecular weight excluding hydrogens is 390 g/mol. The van der Waals surface area contributed by atoms with Gasteiger partial charge in [0.1, 0.15) is 19.0 Å². The molecule has 6 nitrogen and oxygen atoms in total. The van der Waals surface area contributed by atoms with Gasteiger partial charge in [0.05, 0.1) is 4.88 Å². The zero-order chi connectivity index (χ0) is 20.6. The van der Waals surface area contributed by atoms with Crippen LogP contribution >= 0.6 is 11.3 Å². The average Bonchev–Trinajstić information content (AvgIpc) is 3.29. The fourth-order valence-corrected chi connectivity index (χ4v) is 3.88. The van der Waals surface area contributed by atoms with Crippen molar-refractivity contribution in [2.24, 2.45) is 0 Å². The highest BCUT2D eigenvalue weighted by Gasteiger charge is 2.20. The number of rotatable bonds is 10. The van der Waals surface area contributed by atoms with Gasteiger partial charge in [-0.05, 0) is 24.4 Å². The summed E-state index contributed by atoms with van der Waals surface area (Å²) in [6.45, 7) is 3.86. The Hall–Kier alpha value is -2.67. The minimum Gasteiger partial charge on any atom is -0.486 e. The first-order chi connectivity index (χ1) is 14.1. The summed E-state index contributed by atoms with van der Waals surface area (Å²) >= 11 is 1.38. The maximum Gasteiger partial charge on any atom is 0.223 e. The quantitative estimate of drug-likeness (QED) is 0.551. The molecule has 0 aliphatic carbocycles. The summed E-state index contributed by atoms with van der Waals surface area (Å²) in [4.78, 5) is 39.1. The molecule has 0 unspecified atom stereocenters. The minimum absolute atomic E-state index is 0.0223. The number of thiophene rings is 1. The largest absolute Gasteiger partial charge is 0.486 e. The van der Waals surface area contributed by atoms with E-state index in [0.717, 1.165) is 5.56 Å². The van der Waals surface area contributed by atoms with Crippen LogP contribution in [0, 0.1) is 0 Å². The van der Waals surface area contributed by atoms with E-state index in [1.54, 1.807) is 11.0 Å². The summed E-state index contributed by atoms with van der Waals surface area (Å²) < 4.78 is 11.3. The van der Waals surface area contributed by atoms with Crippen molar-refractivity contribution in [1.82, 2.24) is 4.90 Å². The Morgan fingerprint density at radius 1 is 1.00 bits per heavy atom. The van der Waals surface area contributed by atoms with E-state index in [4.69, 9.17) is 9.47 Å². The fraction of sp³-hybridized carbons (Fsp3) is 0.409. The zero-order valence-corrected chi connectivity index (χ0v) is 17.3. The third-order valence-electron chi connectivity index (χ3n) is 4.79. The molecule has 3 rings (SSSR count). The molecule has 0 saturated carbocycles. The SMILES string of the molecule is CCN(Cc1cccc2c1OCCO2)C(=O)CCC(=O)CCC(=O)c1cccs1. The summed E-state index contributed by atoms with van der Waals surface area (Å²) in [5.74, 6) is 1.22. The van der Waals surface area contributed by atoms with E-state index < -0.39 is 0 Å². The van der Waals surface area contributed by atoms with Gasteiger partial charge in [0.15, 0.2) is 17.3 Å². The molecule has 0 bridgehead atoms. The van der Waals surface area contributed by atoms with Crippen molar-refractivity contribution >= 4 is 28.8 Å². The third kappa shape index (κ3) is 5.67. The van der Waals surface area contributed by atoms with Gasteiger partial charge in [-0.2, -0.15) is 0 Å². The topological polar surface area (TPSA) is 72.9 Å². The van der Waals surface area contributed by atoms with Crippen molar-refractivity contribution in [2.75, 3.05) is 19.8 Å². The molecule has 0 spiro atoms. The second kappa shape index (κ2) is 10.2. The predicted octanol–water partition coefficient (Wildman–Crippen LogP) is 3.88. The lowest BCUT2D eigenvalue weighted by Gasteiger charge is -2.25. The van der Waals surface area contributed by atoms with Gasteiger partial charge in [-0.25, -0.2) is 0 Å². The van der Waals surface area contributed by atoms with Gasteiger partial charge >= 0.3 is 0 Å². The van der Waals surface area contributed by atoms with E-state index >= 15 is 0 Å². The van der Waals surface area contributed by atoms with Crippen LogP contribution in [0.25, 0.3) is 0 Å². The normalized spacial score (nSPS) is 12.4. The van der Waals surface area contributed by atoms with Crippen molar-refractivity contribution in [3.8, 4) is 11.5 Å². The zero-order valence-electron chi connectivity index (χ0n) is 16.5. The molecule has 1 amide bonds. The van der Waals surface area contributed by atoms with E-state index in [9.17, 15) is 14.4 Å². The molecule has 2 aromatic rings. The van der Waals surface area contributed by atoms with Crippen LogP contribution in [-0.4, -0.2) is 42.1 Å². The number of hydrogen-bond acceptors (Lipinski definition) is 6. The second-order valence-corrected chi connectivity index (χ2v) is 7.74. The molecule has 0 saturated heterocycles. The van der Waals surface area contributed by atoms with Gasteiger partial charge in [0.2, 0.25) is 5.91 Å². The summed E-state index contributed by atoms with van der Waals surface area (Å²) in [6, 6.07) is 9.24. The maximum absolute atomic E-state index is 12.6. The maximum atomic E-state index is 12.6. The van der Waals surface area contributed by atoms with Gasteiger partial charge in [0, 0.05) is 44.3 Å². The average molecular weight is 416 g/mol. The number of hydrogen-bond donors (Lipinski definition) is 0. The van der Waals surface area contributed by atoms with Crippen molar-refractivity contribution in [1.29, 1.82) is 0 Å². The Morgan fingerprint density at radius 2 is 1.79 bits per heavy atom. The standard InChI is InChI=1S/C22H25NO5S/c1-2-23(15-16-5-3-6-19-22(16)28-13-12-27-19)21(26)11-9-17(24)8-10-18(25)20-7-4-14-29-20/h3-7,14H,2,8-13,15H2,1H3. The number of carbonyl (C=O) groups is 3. The number of carbonyl (C=O) groups excluding carboxylic acids is 3. The van der Waals surface area contributed by atoms with E-state index in [-0.39, 0.29) is 43.2 Å². The number of nitrogens with zero attached hydrogens (tertiary/aromatic N) is 1. The van der Waals surface area contributed by atoms with Crippen molar-refractivity contribution in [3.63, 3.8) is 0 Å². The van der Waals surface area contributed by atoms with Gasteiger partial charge in [-0.3, -0.25) is 14.4 Å². The number of benzene rings is 1. The number of amides is 1. The van der Waals surface area contributed by atoms with Gasteiger partial charge in [-0.15, -0.1) is 11.3 Å². The number of ketones is 2. The fourth-order valence-electron chi connectivity index (χ4n) is 3.18. The van der Waals surface area contributed by atoms with Crippen LogP contribution in [0.1, 0.15) is 47.8 Å². The highest BCUT2D eigenvalue weighted by atomic mass is 32.1. The predicted molar refractivity (Wildman–Crippen MR) is 111 cm³/mol. The lowest BCUT2D eigenvalue weighted by Crippen LogP contribution is -2.31. The Kier molecular flexibility index (Phi) is 7.41. The molecule has 29 heavy (non-hydrogen) atoms. The van der Waals surface area contributed by atoms with Crippen molar-refractivity contribution < 1.29 is 23.9 Å². The Morgan fingerprint density at radius 3 is 2.55 bits per heavy atom. The van der Waals surface area contributed by atoms with Crippen molar-refractivity contribution in [3.05, 3.63) is 46.2 Å². The lowest BCUT2D eigenvalue weighted by molar-refractivity contribution is -0.133. The van der Waals surface area contributed by atoms with E-state index in [2.05, 4.69) is 0 Å². The third-order valence-corrected chi connectivity index (χ3v) is 5.70. The Labute approximate surface area is 174 Å². The Bertz CT molecular complexity index is 862. The van der Waals surface area contributed by atoms with Crippen LogP contribution in [0.2, 0.25) is 0 Å². The second-order valence-electron chi connectivity index (χ2n) is 6.79. The van der Waals surface area contributed by atoms with Crippen LogP contribution in [-0.2, 0) is 16.1 Å². The molecule has 1 aliphatic heterocycles. The molecule has 0 N–H and O–H groups in total. The number of ether oxygens (including phenoxy) is 2. The van der Waals surface area contributed by atoms with Gasteiger partial charge in [-0.1, -0.05) is 18.2 Å². The monoisotopic (exact) mass is 415 g/mol. The molecule has 1 aromatic carbocycles. The highest BCUT2D eigenvalue weighted by molar-refractivity contribution is 7.12. The van der Waals surface area contributed by atoms with Crippen LogP contribution in [0.4, 0.5) is 0 Å². The van der Waals surface area contributed by atoms with Crippen LogP contribution < -0.4 is 9.47 Å². The lowest BCUT2D eigenvalue weighted by atomic mass is 10.1. The van der Waals surface area contributed by atoms with Crippen LogP contribution in [0.3, 0.4) is 0 Å². The molecule has 7 heteroatoms. The molecule has 2 heterocycles. The summed E-state index contributed by atoms with van der Waals surface area (Å²) in [6.07, 6.45) is 0.665. The van der Waals surface area contributed by atoms with Crippen LogP contribution in [0.5, 0.6) is 11.5 Å². The smallest absolute Gasteiger partial charge is 0.223 e. The molecule has 154 valence electrons. The number of para-hydroxylation sites is 1. The van der Waals surface area contributed by atoms with E-state index in [1.807, 2.05) is 36.6 Å². The van der Waals surface area contributed by atoms with Gasteiger partial charge in [0.25, 0.3) is 0 Å². The highest BCUT2D eigenvalue weighted by Crippen LogP contribution is 2.34. The first-order valence-corrected chi connectivity index (χ1v) is 10.7. The molecule has 1 aromatic heterocycles. The van der Waals surface area contributed by atoms with Crippen LogP contribution in [0.15, 0.2) is 35.7 Å². The van der Waals surface area contributed by atoms with Gasteiger partial charge < -0.3 is 14.4 Å². The number of fused-ring (bicyclic) bond motifs is 1. The van der Waals surface area contributed by atoms with E-state index in [1.165, 1.54) is 11.3 Å². The number of Topliss-reactive ketones (excluding diaryl/α,β-unsaturated/α-hetero) is 2. The molecule has 0 fully saturated rings. The summed E-state index contributed by atoms with van der Waals surface area (Å²) in [7, 11) is 0. The van der Waals surface area contributed by atoms with Crippen molar-refractivity contribution in [2.45, 2.75) is 39.2 Å². The minimum atomic E-state index is -0.0836. The van der Waals surface area contributed by atoms with E-state index in [0.29, 0.717) is 42.7 Å². The molecule has 1 aliphatic rings.